The van der Waals surface area contributed by atoms with Crippen molar-refractivity contribution in [2.24, 2.45) is 5.41 Å². The summed E-state index contributed by atoms with van der Waals surface area (Å²) in [4.78, 5) is 32.9. The van der Waals surface area contributed by atoms with Gasteiger partial charge in [-0.3, -0.25) is 9.59 Å². The maximum absolute atomic E-state index is 13.7. The molecule has 8 heteroatoms. The number of halogens is 1. The van der Waals surface area contributed by atoms with Gasteiger partial charge in [0.2, 0.25) is 5.91 Å². The van der Waals surface area contributed by atoms with Crippen LogP contribution in [0.1, 0.15) is 43.5 Å². The van der Waals surface area contributed by atoms with Crippen LogP contribution in [0.5, 0.6) is 5.75 Å². The van der Waals surface area contributed by atoms with E-state index in [1.807, 2.05) is 55.1 Å². The number of nitrogens with zero attached hydrogens (tertiary/aromatic N) is 3. The highest BCUT2D eigenvalue weighted by Gasteiger charge is 2.29. The third-order valence-electron chi connectivity index (χ3n) is 7.12. The number of likely N-dealkylation sites (tertiary alicyclic amines) is 1. The van der Waals surface area contributed by atoms with Crippen molar-refractivity contribution in [3.8, 4) is 5.75 Å². The van der Waals surface area contributed by atoms with Crippen molar-refractivity contribution in [2.45, 2.75) is 33.1 Å². The molecule has 2 aliphatic heterocycles. The molecular formula is C28H37ClN4O3. The van der Waals surface area contributed by atoms with Crippen molar-refractivity contribution >= 4 is 40.5 Å². The standard InChI is InChI=1S/C28H37ClN4O3/c1-28(2,20-29)27(35)30-21-11-12-23(22(19-21)26(34)33-13-7-4-8-14-33)31-15-17-32(18-16-31)24-9-5-6-10-25(24)36-3/h5-6,9-12,19H,4,7-8,13-18,20H2,1-3H3,(H,30,35). The Kier molecular flexibility index (Phi) is 8.29. The molecule has 0 atom stereocenters. The molecule has 194 valence electrons. The largest absolute Gasteiger partial charge is 0.495 e. The summed E-state index contributed by atoms with van der Waals surface area (Å²) in [6.07, 6.45) is 3.21. The number of amides is 2. The SMILES string of the molecule is COc1ccccc1N1CCN(c2ccc(NC(=O)C(C)(C)CCl)cc2C(=O)N2CCCCC2)CC1. The summed E-state index contributed by atoms with van der Waals surface area (Å²) in [5.41, 5.74) is 2.56. The second kappa shape index (κ2) is 11.4. The molecule has 2 aromatic rings. The number of benzene rings is 2. The molecule has 0 bridgehead atoms. The third-order valence-corrected chi connectivity index (χ3v) is 7.79. The average Bonchev–Trinajstić information content (AvgIpc) is 2.93. The molecule has 0 unspecified atom stereocenters. The Bertz CT molecular complexity index is 1080. The highest BCUT2D eigenvalue weighted by Crippen LogP contribution is 2.32. The van der Waals surface area contributed by atoms with E-state index < -0.39 is 5.41 Å². The minimum atomic E-state index is -0.702. The molecule has 2 saturated heterocycles. The zero-order valence-corrected chi connectivity index (χ0v) is 22.3. The zero-order chi connectivity index (χ0) is 25.7. The van der Waals surface area contributed by atoms with Gasteiger partial charge in [0.05, 0.1) is 23.8 Å². The normalized spacial score (nSPS) is 16.6. The maximum Gasteiger partial charge on any atom is 0.256 e. The Morgan fingerprint density at radius 2 is 1.56 bits per heavy atom. The zero-order valence-electron chi connectivity index (χ0n) is 21.6. The Labute approximate surface area is 219 Å². The summed E-state index contributed by atoms with van der Waals surface area (Å²) in [6.45, 7) is 8.37. The van der Waals surface area contributed by atoms with Crippen molar-refractivity contribution in [3.05, 3.63) is 48.0 Å². The molecule has 4 rings (SSSR count). The van der Waals surface area contributed by atoms with Gasteiger partial charge in [0.25, 0.3) is 5.91 Å². The van der Waals surface area contributed by atoms with E-state index in [1.54, 1.807) is 7.11 Å². The minimum absolute atomic E-state index is 0.0320. The van der Waals surface area contributed by atoms with Gasteiger partial charge >= 0.3 is 0 Å². The predicted octanol–water partition coefficient (Wildman–Crippen LogP) is 4.85. The number of piperidine rings is 1. The number of alkyl halides is 1. The van der Waals surface area contributed by atoms with Gasteiger partial charge in [0.15, 0.2) is 0 Å². The lowest BCUT2D eigenvalue weighted by molar-refractivity contribution is -0.122. The topological polar surface area (TPSA) is 65.1 Å². The molecule has 0 saturated carbocycles. The molecule has 0 aliphatic carbocycles. The second-order valence-electron chi connectivity index (χ2n) is 10.2. The summed E-state index contributed by atoms with van der Waals surface area (Å²) in [5.74, 6) is 0.955. The summed E-state index contributed by atoms with van der Waals surface area (Å²) >= 11 is 6.00. The van der Waals surface area contributed by atoms with Gasteiger partial charge in [-0.15, -0.1) is 11.6 Å². The third kappa shape index (κ3) is 5.72. The number of nitrogens with one attached hydrogen (secondary N) is 1. The van der Waals surface area contributed by atoms with Crippen LogP contribution < -0.4 is 19.9 Å². The monoisotopic (exact) mass is 512 g/mol. The second-order valence-corrected chi connectivity index (χ2v) is 10.5. The number of para-hydroxylation sites is 2. The Morgan fingerprint density at radius 1 is 0.917 bits per heavy atom. The van der Waals surface area contributed by atoms with E-state index in [0.717, 1.165) is 75.7 Å². The molecule has 1 N–H and O–H groups in total. The van der Waals surface area contributed by atoms with Gasteiger partial charge in [-0.05, 0) is 63.4 Å². The first-order valence-corrected chi connectivity index (χ1v) is 13.3. The summed E-state index contributed by atoms with van der Waals surface area (Å²) in [7, 11) is 1.70. The number of carbonyl (C=O) groups excluding carboxylic acids is 2. The van der Waals surface area contributed by atoms with Gasteiger partial charge in [-0.25, -0.2) is 0 Å². The van der Waals surface area contributed by atoms with Gasteiger partial charge in [0.1, 0.15) is 5.75 Å². The number of piperazine rings is 1. The molecular weight excluding hydrogens is 476 g/mol. The van der Waals surface area contributed by atoms with E-state index in [9.17, 15) is 9.59 Å². The molecule has 2 heterocycles. The Morgan fingerprint density at radius 3 is 2.19 bits per heavy atom. The lowest BCUT2D eigenvalue weighted by Gasteiger charge is -2.39. The van der Waals surface area contributed by atoms with Crippen LogP contribution in [0, 0.1) is 5.41 Å². The number of ether oxygens (including phenoxy) is 1. The van der Waals surface area contributed by atoms with E-state index in [4.69, 9.17) is 16.3 Å². The molecule has 36 heavy (non-hydrogen) atoms. The molecule has 2 aromatic carbocycles. The van der Waals surface area contributed by atoms with Crippen LogP contribution in [0.2, 0.25) is 0 Å². The van der Waals surface area contributed by atoms with Crippen LogP contribution in [0.3, 0.4) is 0 Å². The van der Waals surface area contributed by atoms with Crippen LogP contribution in [0.25, 0.3) is 0 Å². The molecule has 2 aliphatic rings. The van der Waals surface area contributed by atoms with E-state index in [2.05, 4.69) is 21.2 Å². The van der Waals surface area contributed by atoms with Crippen LogP contribution in [0.15, 0.2) is 42.5 Å². The summed E-state index contributed by atoms with van der Waals surface area (Å²) < 4.78 is 5.56. The van der Waals surface area contributed by atoms with Crippen molar-refractivity contribution in [1.82, 2.24) is 4.90 Å². The molecule has 7 nitrogen and oxygen atoms in total. The van der Waals surface area contributed by atoms with Gasteiger partial charge in [-0.2, -0.15) is 0 Å². The fourth-order valence-electron chi connectivity index (χ4n) is 4.77. The number of rotatable bonds is 7. The first-order chi connectivity index (χ1) is 17.3. The number of hydrogen-bond acceptors (Lipinski definition) is 5. The predicted molar refractivity (Wildman–Crippen MR) is 147 cm³/mol. The number of anilines is 3. The fraction of sp³-hybridized carbons (Fsp3) is 0.500. The quantitative estimate of drug-likeness (QED) is 0.537. The lowest BCUT2D eigenvalue weighted by atomic mass is 9.95. The molecule has 0 spiro atoms. The van der Waals surface area contributed by atoms with E-state index in [0.29, 0.717) is 11.3 Å². The molecule has 0 aromatic heterocycles. The molecule has 2 fully saturated rings. The maximum atomic E-state index is 13.7. The highest BCUT2D eigenvalue weighted by atomic mass is 35.5. The Hall–Kier alpha value is -2.93. The fourth-order valence-corrected chi connectivity index (χ4v) is 4.89. The summed E-state index contributed by atoms with van der Waals surface area (Å²) in [6, 6.07) is 13.8. The number of methoxy groups -OCH3 is 1. The van der Waals surface area contributed by atoms with Crippen LogP contribution >= 0.6 is 11.6 Å². The van der Waals surface area contributed by atoms with Crippen LogP contribution in [0.4, 0.5) is 17.1 Å². The van der Waals surface area contributed by atoms with E-state index >= 15 is 0 Å². The van der Waals surface area contributed by atoms with Crippen molar-refractivity contribution in [3.63, 3.8) is 0 Å². The van der Waals surface area contributed by atoms with E-state index in [1.165, 1.54) is 0 Å². The van der Waals surface area contributed by atoms with Gasteiger partial charge in [0, 0.05) is 56.5 Å². The minimum Gasteiger partial charge on any atom is -0.495 e. The smallest absolute Gasteiger partial charge is 0.256 e. The number of hydrogen-bond donors (Lipinski definition) is 1. The van der Waals surface area contributed by atoms with Gasteiger partial charge < -0.3 is 24.8 Å². The van der Waals surface area contributed by atoms with Crippen molar-refractivity contribution in [1.29, 1.82) is 0 Å². The highest BCUT2D eigenvalue weighted by molar-refractivity contribution is 6.20. The first-order valence-electron chi connectivity index (χ1n) is 12.8. The molecule has 0 radical (unpaired) electrons. The van der Waals surface area contributed by atoms with Crippen LogP contribution in [-0.2, 0) is 4.79 Å². The van der Waals surface area contributed by atoms with Crippen molar-refractivity contribution < 1.29 is 14.3 Å². The van der Waals surface area contributed by atoms with Gasteiger partial charge in [-0.1, -0.05) is 12.1 Å². The lowest BCUT2D eigenvalue weighted by Crippen LogP contribution is -2.47. The van der Waals surface area contributed by atoms with Crippen LogP contribution in [-0.4, -0.2) is 69.0 Å². The first kappa shape index (κ1) is 26.1. The molecule has 2 amide bonds. The average molecular weight is 513 g/mol. The number of carbonyl (C=O) groups is 2. The Balaban J connectivity index is 1.57. The summed E-state index contributed by atoms with van der Waals surface area (Å²) in [5, 5.41) is 2.97. The van der Waals surface area contributed by atoms with E-state index in [-0.39, 0.29) is 17.7 Å². The van der Waals surface area contributed by atoms with Crippen molar-refractivity contribution in [2.75, 3.05) is 67.4 Å².